The molecule has 0 atom stereocenters. The summed E-state index contributed by atoms with van der Waals surface area (Å²) in [6.07, 6.45) is 3.55. The Morgan fingerprint density at radius 1 is 1.17 bits per heavy atom. The van der Waals surface area contributed by atoms with Crippen LogP contribution in [0.2, 0.25) is 0 Å². The van der Waals surface area contributed by atoms with Crippen LogP contribution in [0.25, 0.3) is 11.1 Å². The van der Waals surface area contributed by atoms with E-state index >= 15 is 0 Å². The maximum Gasteiger partial charge on any atom is 0.269 e. The lowest BCUT2D eigenvalue weighted by molar-refractivity contribution is 0.0942. The number of hydrogen-bond acceptors (Lipinski definition) is 3. The molecule has 0 unspecified atom stereocenters. The quantitative estimate of drug-likeness (QED) is 0.636. The van der Waals surface area contributed by atoms with E-state index in [4.69, 9.17) is 0 Å². The predicted molar refractivity (Wildman–Crippen MR) is 92.4 cm³/mol. The van der Waals surface area contributed by atoms with Gasteiger partial charge in [0.25, 0.3) is 5.91 Å². The Kier molecular flexibility index (Phi) is 4.98. The first-order valence-corrected chi connectivity index (χ1v) is 8.59. The van der Waals surface area contributed by atoms with Gasteiger partial charge in [0.15, 0.2) is 0 Å². The van der Waals surface area contributed by atoms with Crippen molar-refractivity contribution in [2.24, 2.45) is 0 Å². The molecule has 1 amide bonds. The van der Waals surface area contributed by atoms with Gasteiger partial charge in [-0.05, 0) is 48.6 Å². The largest absolute Gasteiger partial charge is 0.277 e. The topological polar surface area (TPSA) is 41.1 Å². The minimum Gasteiger partial charge on any atom is -0.277 e. The van der Waals surface area contributed by atoms with Gasteiger partial charge in [0, 0.05) is 5.25 Å². The number of halogens is 1. The number of aryl methyl sites for hydroxylation is 1. The zero-order valence-electron chi connectivity index (χ0n) is 12.9. The molecule has 0 aromatic heterocycles. The lowest BCUT2D eigenvalue weighted by Crippen LogP contribution is -2.35. The van der Waals surface area contributed by atoms with E-state index < -0.39 is 11.7 Å². The van der Waals surface area contributed by atoms with Crippen LogP contribution in [0.15, 0.2) is 42.5 Å². The molecule has 1 saturated carbocycles. The summed E-state index contributed by atoms with van der Waals surface area (Å²) < 4.78 is 14.3. The average molecular weight is 330 g/mol. The summed E-state index contributed by atoms with van der Waals surface area (Å²) in [5, 5.41) is 0.539. The van der Waals surface area contributed by atoms with Gasteiger partial charge in [-0.25, -0.2) is 4.39 Å². The number of nitrogens with one attached hydrogen (secondary N) is 2. The highest BCUT2D eigenvalue weighted by molar-refractivity contribution is 7.98. The van der Waals surface area contributed by atoms with Crippen LogP contribution in [-0.2, 0) is 0 Å². The SMILES string of the molecule is Cc1cc(-c2ccccc2)cc(C(=O)NNSC2CCC2)c1F. The number of hydrogen-bond donors (Lipinski definition) is 2. The van der Waals surface area contributed by atoms with Crippen molar-refractivity contribution in [3.8, 4) is 11.1 Å². The first kappa shape index (κ1) is 16.0. The molecule has 5 heteroatoms. The summed E-state index contributed by atoms with van der Waals surface area (Å²) in [4.78, 5) is 15.1. The molecule has 1 aliphatic rings. The van der Waals surface area contributed by atoms with Gasteiger partial charge in [-0.15, -0.1) is 0 Å². The summed E-state index contributed by atoms with van der Waals surface area (Å²) in [6, 6.07) is 13.0. The van der Waals surface area contributed by atoms with E-state index in [2.05, 4.69) is 10.3 Å². The maximum atomic E-state index is 14.3. The van der Waals surface area contributed by atoms with Crippen LogP contribution < -0.4 is 10.3 Å². The molecule has 1 fully saturated rings. The number of benzene rings is 2. The Balaban J connectivity index is 1.77. The molecule has 120 valence electrons. The van der Waals surface area contributed by atoms with Crippen LogP contribution in [0.4, 0.5) is 4.39 Å². The molecular weight excluding hydrogens is 311 g/mol. The Morgan fingerprint density at radius 2 is 1.91 bits per heavy atom. The second-order valence-corrected chi connectivity index (χ2v) is 6.85. The molecule has 0 aliphatic heterocycles. The van der Waals surface area contributed by atoms with E-state index in [1.165, 1.54) is 18.4 Å². The molecule has 1 aliphatic carbocycles. The van der Waals surface area contributed by atoms with Crippen molar-refractivity contribution in [2.75, 3.05) is 0 Å². The number of rotatable bonds is 5. The monoisotopic (exact) mass is 330 g/mol. The second kappa shape index (κ2) is 7.15. The number of amides is 1. The fourth-order valence-corrected chi connectivity index (χ4v) is 3.33. The van der Waals surface area contributed by atoms with Gasteiger partial charge in [-0.3, -0.25) is 10.2 Å². The van der Waals surface area contributed by atoms with Crippen molar-refractivity contribution >= 4 is 17.9 Å². The zero-order valence-corrected chi connectivity index (χ0v) is 13.8. The lowest BCUT2D eigenvalue weighted by Gasteiger charge is -2.24. The third-order valence-corrected chi connectivity index (χ3v) is 5.07. The van der Waals surface area contributed by atoms with Crippen LogP contribution in [0.1, 0.15) is 35.2 Å². The van der Waals surface area contributed by atoms with Crippen molar-refractivity contribution in [2.45, 2.75) is 31.4 Å². The van der Waals surface area contributed by atoms with Gasteiger partial charge in [-0.1, -0.05) is 48.7 Å². The number of carbonyl (C=O) groups is 1. The van der Waals surface area contributed by atoms with Gasteiger partial charge in [0.2, 0.25) is 0 Å². The van der Waals surface area contributed by atoms with Crippen LogP contribution in [-0.4, -0.2) is 11.2 Å². The highest BCUT2D eigenvalue weighted by atomic mass is 32.2. The number of carbonyl (C=O) groups excluding carboxylic acids is 1. The van der Waals surface area contributed by atoms with E-state index in [-0.39, 0.29) is 5.56 Å². The molecule has 2 aromatic carbocycles. The molecule has 3 nitrogen and oxygen atoms in total. The number of hydrazine groups is 1. The molecule has 2 N–H and O–H groups in total. The average Bonchev–Trinajstić information content (AvgIpc) is 2.53. The van der Waals surface area contributed by atoms with E-state index in [0.29, 0.717) is 10.8 Å². The summed E-state index contributed by atoms with van der Waals surface area (Å²) >= 11 is 1.49. The van der Waals surface area contributed by atoms with E-state index in [9.17, 15) is 9.18 Å². The van der Waals surface area contributed by atoms with E-state index in [1.807, 2.05) is 30.3 Å². The minimum atomic E-state index is -0.474. The third-order valence-electron chi connectivity index (χ3n) is 4.05. The molecule has 2 aromatic rings. The van der Waals surface area contributed by atoms with Crippen molar-refractivity contribution < 1.29 is 9.18 Å². The predicted octanol–water partition coefficient (Wildman–Crippen LogP) is 4.24. The third kappa shape index (κ3) is 3.74. The standard InChI is InChI=1S/C18H19FN2OS/c1-12-10-14(13-6-3-2-4-7-13)11-16(17(12)19)18(22)20-21-23-15-8-5-9-15/h2-4,6-7,10-11,15,21H,5,8-9H2,1H3,(H,20,22). The summed E-state index contributed by atoms with van der Waals surface area (Å²) in [6.45, 7) is 1.68. The second-order valence-electron chi connectivity index (χ2n) is 5.75. The summed E-state index contributed by atoms with van der Waals surface area (Å²) in [7, 11) is 0. The maximum absolute atomic E-state index is 14.3. The van der Waals surface area contributed by atoms with Gasteiger partial charge in [-0.2, -0.15) is 4.83 Å². The van der Waals surface area contributed by atoms with Gasteiger partial charge >= 0.3 is 0 Å². The normalized spacial score (nSPS) is 14.3. The fourth-order valence-electron chi connectivity index (χ4n) is 2.45. The lowest BCUT2D eigenvalue weighted by atomic mass is 9.99. The Morgan fingerprint density at radius 3 is 2.57 bits per heavy atom. The van der Waals surface area contributed by atoms with Gasteiger partial charge in [0.1, 0.15) is 5.82 Å². The van der Waals surface area contributed by atoms with E-state index in [1.54, 1.807) is 19.1 Å². The smallest absolute Gasteiger partial charge is 0.269 e. The molecule has 0 heterocycles. The fraction of sp³-hybridized carbons (Fsp3) is 0.278. The van der Waals surface area contributed by atoms with E-state index in [0.717, 1.165) is 24.0 Å². The zero-order chi connectivity index (χ0) is 16.2. The highest BCUT2D eigenvalue weighted by Crippen LogP contribution is 2.29. The molecule has 0 radical (unpaired) electrons. The van der Waals surface area contributed by atoms with Crippen molar-refractivity contribution in [1.82, 2.24) is 10.3 Å². The summed E-state index contributed by atoms with van der Waals surface area (Å²) in [5.74, 6) is -0.923. The van der Waals surface area contributed by atoms with Crippen molar-refractivity contribution in [3.63, 3.8) is 0 Å². The Hall–Kier alpha value is -1.85. The van der Waals surface area contributed by atoms with Crippen molar-refractivity contribution in [3.05, 3.63) is 59.4 Å². The van der Waals surface area contributed by atoms with Gasteiger partial charge < -0.3 is 0 Å². The molecule has 3 rings (SSSR count). The first-order valence-electron chi connectivity index (χ1n) is 7.71. The molecular formula is C18H19FN2OS. The van der Waals surface area contributed by atoms with Crippen LogP contribution in [0.3, 0.4) is 0 Å². The van der Waals surface area contributed by atoms with Crippen LogP contribution >= 0.6 is 11.9 Å². The van der Waals surface area contributed by atoms with Gasteiger partial charge in [0.05, 0.1) is 5.56 Å². The highest BCUT2D eigenvalue weighted by Gasteiger charge is 2.19. The Labute approximate surface area is 139 Å². The minimum absolute atomic E-state index is 0.0607. The first-order chi connectivity index (χ1) is 11.1. The molecule has 0 spiro atoms. The molecule has 0 saturated heterocycles. The Bertz CT molecular complexity index is 702. The summed E-state index contributed by atoms with van der Waals surface area (Å²) in [5.41, 5.74) is 4.89. The van der Waals surface area contributed by atoms with Crippen LogP contribution in [0.5, 0.6) is 0 Å². The van der Waals surface area contributed by atoms with Crippen molar-refractivity contribution in [1.29, 1.82) is 0 Å². The molecule has 23 heavy (non-hydrogen) atoms. The van der Waals surface area contributed by atoms with Crippen LogP contribution in [0, 0.1) is 12.7 Å². The molecule has 0 bridgehead atoms.